The van der Waals surface area contributed by atoms with Crippen molar-refractivity contribution in [3.8, 4) is 0 Å². The third-order valence-electron chi connectivity index (χ3n) is 5.50. The molecule has 3 aliphatic rings. The van der Waals surface area contributed by atoms with Gasteiger partial charge in [-0.2, -0.15) is 0 Å². The van der Waals surface area contributed by atoms with Crippen molar-refractivity contribution in [2.24, 2.45) is 11.8 Å². The second-order valence-electron chi connectivity index (χ2n) is 6.76. The number of aryl methyl sites for hydroxylation is 1. The summed E-state index contributed by atoms with van der Waals surface area (Å²) in [6, 6.07) is 10.4. The molecule has 3 heteroatoms. The Morgan fingerprint density at radius 1 is 1.10 bits per heavy atom. The number of carbonyl (C=O) groups excluding carboxylic acids is 1. The molecule has 3 heterocycles. The monoisotopic (exact) mass is 285 g/mol. The molecule has 0 unspecified atom stereocenters. The van der Waals surface area contributed by atoms with Crippen molar-refractivity contribution in [2.45, 2.75) is 44.3 Å². The van der Waals surface area contributed by atoms with E-state index in [0.29, 0.717) is 36.4 Å². The van der Waals surface area contributed by atoms with Gasteiger partial charge in [0.2, 0.25) is 5.91 Å². The van der Waals surface area contributed by atoms with Crippen molar-refractivity contribution in [3.05, 3.63) is 35.9 Å². The molecule has 3 aliphatic heterocycles. The molecule has 0 radical (unpaired) electrons. The fourth-order valence-corrected chi connectivity index (χ4v) is 4.41. The van der Waals surface area contributed by atoms with Gasteiger partial charge < -0.3 is 9.64 Å². The van der Waals surface area contributed by atoms with Gasteiger partial charge in [0.1, 0.15) is 0 Å². The maximum Gasteiger partial charge on any atom is 0.222 e. The number of carbonyl (C=O) groups is 1. The first-order valence-electron chi connectivity index (χ1n) is 8.28. The van der Waals surface area contributed by atoms with Gasteiger partial charge in [0, 0.05) is 31.3 Å². The summed E-state index contributed by atoms with van der Waals surface area (Å²) in [4.78, 5) is 14.5. The molecule has 2 bridgehead atoms. The smallest absolute Gasteiger partial charge is 0.222 e. The molecule has 4 rings (SSSR count). The van der Waals surface area contributed by atoms with E-state index in [-0.39, 0.29) is 0 Å². The predicted molar refractivity (Wildman–Crippen MR) is 80.8 cm³/mol. The number of ether oxygens (including phenoxy) is 1. The van der Waals surface area contributed by atoms with E-state index in [0.717, 1.165) is 25.9 Å². The molecule has 112 valence electrons. The Balaban J connectivity index is 1.27. The highest BCUT2D eigenvalue weighted by molar-refractivity contribution is 5.76. The van der Waals surface area contributed by atoms with Crippen LogP contribution in [0.25, 0.3) is 0 Å². The van der Waals surface area contributed by atoms with Crippen LogP contribution >= 0.6 is 0 Å². The predicted octanol–water partition coefficient (Wildman–Crippen LogP) is 2.65. The van der Waals surface area contributed by atoms with E-state index in [1.807, 2.05) is 6.07 Å². The number of nitrogens with zero attached hydrogens (tertiary/aromatic N) is 1. The number of fused-ring (bicyclic) bond motifs is 5. The Kier molecular flexibility index (Phi) is 3.46. The molecule has 0 aliphatic carbocycles. The van der Waals surface area contributed by atoms with Gasteiger partial charge in [-0.05, 0) is 31.2 Å². The number of benzene rings is 1. The van der Waals surface area contributed by atoms with E-state index in [9.17, 15) is 4.79 Å². The highest BCUT2D eigenvalue weighted by Crippen LogP contribution is 2.47. The number of rotatable bonds is 4. The van der Waals surface area contributed by atoms with Gasteiger partial charge in [0.25, 0.3) is 0 Å². The van der Waals surface area contributed by atoms with E-state index >= 15 is 0 Å². The second kappa shape index (κ2) is 5.45. The van der Waals surface area contributed by atoms with E-state index < -0.39 is 0 Å². The van der Waals surface area contributed by atoms with Crippen LogP contribution in [0.4, 0.5) is 0 Å². The molecule has 3 saturated heterocycles. The van der Waals surface area contributed by atoms with Crippen molar-refractivity contribution < 1.29 is 9.53 Å². The van der Waals surface area contributed by atoms with Crippen molar-refractivity contribution in [2.75, 3.05) is 13.1 Å². The van der Waals surface area contributed by atoms with E-state index in [1.54, 1.807) is 0 Å². The van der Waals surface area contributed by atoms with Crippen LogP contribution < -0.4 is 0 Å². The first kappa shape index (κ1) is 13.3. The van der Waals surface area contributed by atoms with Gasteiger partial charge in [0.15, 0.2) is 0 Å². The largest absolute Gasteiger partial charge is 0.374 e. The van der Waals surface area contributed by atoms with Crippen LogP contribution in [0.15, 0.2) is 30.3 Å². The highest BCUT2D eigenvalue weighted by Gasteiger charge is 2.53. The van der Waals surface area contributed by atoms with E-state index in [2.05, 4.69) is 29.2 Å². The minimum absolute atomic E-state index is 0.347. The summed E-state index contributed by atoms with van der Waals surface area (Å²) in [5, 5.41) is 0. The summed E-state index contributed by atoms with van der Waals surface area (Å²) in [7, 11) is 0. The molecule has 1 aromatic rings. The maximum absolute atomic E-state index is 12.4. The quantitative estimate of drug-likeness (QED) is 0.851. The van der Waals surface area contributed by atoms with Gasteiger partial charge in [-0.3, -0.25) is 4.79 Å². The third-order valence-corrected chi connectivity index (χ3v) is 5.50. The van der Waals surface area contributed by atoms with Crippen LogP contribution in [0.1, 0.15) is 31.2 Å². The van der Waals surface area contributed by atoms with Crippen LogP contribution in [-0.4, -0.2) is 36.1 Å². The SMILES string of the molecule is O=C(CCCc1ccccc1)N1C[C@@H]2[C@H](C1)[C@H]1CC[C@@H]2O1. The minimum Gasteiger partial charge on any atom is -0.374 e. The Bertz CT molecular complexity index is 497. The standard InChI is InChI=1S/C18H23NO2/c20-18(8-4-7-13-5-2-1-3-6-13)19-11-14-15(12-19)17-10-9-16(14)21-17/h1-3,5-6,14-17H,4,7-12H2/t14-,15+,16+,17-. The van der Waals surface area contributed by atoms with Crippen molar-refractivity contribution >= 4 is 5.91 Å². The lowest BCUT2D eigenvalue weighted by Gasteiger charge is -2.18. The van der Waals surface area contributed by atoms with Crippen LogP contribution in [0, 0.1) is 11.8 Å². The van der Waals surface area contributed by atoms with E-state index in [4.69, 9.17) is 4.74 Å². The zero-order valence-electron chi connectivity index (χ0n) is 12.4. The number of hydrogen-bond acceptors (Lipinski definition) is 2. The number of amides is 1. The Morgan fingerprint density at radius 3 is 2.43 bits per heavy atom. The molecule has 21 heavy (non-hydrogen) atoms. The molecular weight excluding hydrogens is 262 g/mol. The zero-order valence-corrected chi connectivity index (χ0v) is 12.4. The molecule has 1 aromatic carbocycles. The molecule has 0 aromatic heterocycles. The van der Waals surface area contributed by atoms with Crippen LogP contribution in [0.2, 0.25) is 0 Å². The normalized spacial score (nSPS) is 33.4. The minimum atomic E-state index is 0.347. The second-order valence-corrected chi connectivity index (χ2v) is 6.76. The first-order chi connectivity index (χ1) is 10.3. The summed E-state index contributed by atoms with van der Waals surface area (Å²) in [6.45, 7) is 1.88. The fourth-order valence-electron chi connectivity index (χ4n) is 4.41. The number of hydrogen-bond donors (Lipinski definition) is 0. The van der Waals surface area contributed by atoms with Gasteiger partial charge in [-0.15, -0.1) is 0 Å². The van der Waals surface area contributed by atoms with Gasteiger partial charge in [0.05, 0.1) is 12.2 Å². The Morgan fingerprint density at radius 2 is 1.76 bits per heavy atom. The molecule has 3 nitrogen and oxygen atoms in total. The Labute approximate surface area is 126 Å². The topological polar surface area (TPSA) is 29.5 Å². The lowest BCUT2D eigenvalue weighted by molar-refractivity contribution is -0.131. The molecule has 1 amide bonds. The molecular formula is C18H23NO2. The number of likely N-dealkylation sites (tertiary alicyclic amines) is 1. The molecule has 3 fully saturated rings. The first-order valence-corrected chi connectivity index (χ1v) is 8.28. The lowest BCUT2D eigenvalue weighted by atomic mass is 9.82. The van der Waals surface area contributed by atoms with Crippen molar-refractivity contribution in [3.63, 3.8) is 0 Å². The average Bonchev–Trinajstić information content (AvgIpc) is 3.21. The van der Waals surface area contributed by atoms with E-state index in [1.165, 1.54) is 18.4 Å². The molecule has 4 atom stereocenters. The fraction of sp³-hybridized carbons (Fsp3) is 0.611. The summed E-state index contributed by atoms with van der Waals surface area (Å²) in [5.41, 5.74) is 1.33. The lowest BCUT2D eigenvalue weighted by Crippen LogP contribution is -2.31. The summed E-state index contributed by atoms with van der Waals surface area (Å²) in [6.07, 6.45) is 5.96. The summed E-state index contributed by atoms with van der Waals surface area (Å²) >= 11 is 0. The molecule has 0 spiro atoms. The van der Waals surface area contributed by atoms with Crippen molar-refractivity contribution in [1.82, 2.24) is 4.90 Å². The third kappa shape index (κ3) is 2.48. The highest BCUT2D eigenvalue weighted by atomic mass is 16.5. The van der Waals surface area contributed by atoms with Crippen LogP contribution in [0.5, 0.6) is 0 Å². The molecule has 0 saturated carbocycles. The summed E-state index contributed by atoms with van der Waals surface area (Å²) < 4.78 is 5.97. The molecule has 0 N–H and O–H groups in total. The van der Waals surface area contributed by atoms with Crippen LogP contribution in [-0.2, 0) is 16.0 Å². The van der Waals surface area contributed by atoms with Crippen LogP contribution in [0.3, 0.4) is 0 Å². The van der Waals surface area contributed by atoms with Gasteiger partial charge in [-0.25, -0.2) is 0 Å². The zero-order chi connectivity index (χ0) is 14.2. The average molecular weight is 285 g/mol. The van der Waals surface area contributed by atoms with Crippen molar-refractivity contribution in [1.29, 1.82) is 0 Å². The van der Waals surface area contributed by atoms with Gasteiger partial charge in [-0.1, -0.05) is 30.3 Å². The Hall–Kier alpha value is -1.35. The van der Waals surface area contributed by atoms with Gasteiger partial charge >= 0.3 is 0 Å². The maximum atomic E-state index is 12.4. The summed E-state index contributed by atoms with van der Waals surface area (Å²) in [5.74, 6) is 1.60.